The van der Waals surface area contributed by atoms with Gasteiger partial charge in [-0.3, -0.25) is 0 Å². The monoisotopic (exact) mass is 242 g/mol. The van der Waals surface area contributed by atoms with Crippen molar-refractivity contribution in [2.45, 2.75) is 6.23 Å². The van der Waals surface area contributed by atoms with Crippen molar-refractivity contribution in [1.29, 1.82) is 0 Å². The highest BCUT2D eigenvalue weighted by Crippen LogP contribution is 2.25. The Morgan fingerprint density at radius 2 is 1.78 bits per heavy atom. The normalized spacial score (nSPS) is 22.3. The number of nitrogens with one attached hydrogen (secondary N) is 2. The third kappa shape index (κ3) is 2.09. The minimum absolute atomic E-state index is 0.110. The Balaban J connectivity index is 1.89. The van der Waals surface area contributed by atoms with Gasteiger partial charge in [-0.2, -0.15) is 0 Å². The van der Waals surface area contributed by atoms with Crippen LogP contribution in [-0.4, -0.2) is 6.67 Å². The van der Waals surface area contributed by atoms with Crippen LogP contribution in [-0.2, 0) is 0 Å². The van der Waals surface area contributed by atoms with Crippen LogP contribution in [0.15, 0.2) is 54.6 Å². The molecule has 0 amide bonds. The summed E-state index contributed by atoms with van der Waals surface area (Å²) < 4.78 is 5.87. The van der Waals surface area contributed by atoms with Gasteiger partial charge < -0.3 is 15.0 Å². The van der Waals surface area contributed by atoms with Crippen LogP contribution in [0.1, 0.15) is 11.8 Å². The molecule has 0 saturated heterocycles. The van der Waals surface area contributed by atoms with E-state index in [1.807, 2.05) is 54.6 Å². The molecule has 2 aromatic rings. The molecule has 4 heteroatoms. The van der Waals surface area contributed by atoms with Crippen LogP contribution in [0.25, 0.3) is 0 Å². The molecule has 92 valence electrons. The molecule has 0 bridgehead atoms. The van der Waals surface area contributed by atoms with Crippen LogP contribution in [0.3, 0.4) is 0 Å². The van der Waals surface area contributed by atoms with Crippen LogP contribution in [0.5, 0.6) is 5.75 Å². The highest BCUT2D eigenvalue weighted by molar-refractivity contribution is 5.42. The zero-order valence-electron chi connectivity index (χ0n) is 9.80. The molecule has 2 unspecified atom stereocenters. The molecule has 4 nitrogen and oxygen atoms in total. The van der Waals surface area contributed by atoms with Crippen molar-refractivity contribution in [1.82, 2.24) is 5.32 Å². The molecule has 2 N–H and O–H groups in total. The van der Waals surface area contributed by atoms with Crippen molar-refractivity contribution in [2.75, 3.05) is 6.67 Å². The Kier molecular flexibility index (Phi) is 2.98. The third-order valence-corrected chi connectivity index (χ3v) is 2.99. The Labute approximate surface area is 105 Å². The number of hydrogen-bond acceptors (Lipinski definition) is 3. The molecule has 1 heterocycles. The largest absolute Gasteiger partial charge is 0.628 e. The molecule has 0 aliphatic carbocycles. The molecule has 3 rings (SSSR count). The van der Waals surface area contributed by atoms with Gasteiger partial charge in [0.1, 0.15) is 18.1 Å². The molecular weight excluding hydrogens is 228 g/mol. The third-order valence-electron chi connectivity index (χ3n) is 2.99. The fourth-order valence-corrected chi connectivity index (χ4v) is 2.11. The van der Waals surface area contributed by atoms with E-state index in [1.54, 1.807) is 0 Å². The number of fused-ring (bicyclic) bond motifs is 1. The summed E-state index contributed by atoms with van der Waals surface area (Å²) in [7, 11) is 0. The summed E-state index contributed by atoms with van der Waals surface area (Å²) in [5.41, 5.74) is 1.65. The molecule has 2 atom stereocenters. The van der Waals surface area contributed by atoms with Gasteiger partial charge in [0, 0.05) is 0 Å². The lowest BCUT2D eigenvalue weighted by molar-refractivity contribution is -0.784. The summed E-state index contributed by atoms with van der Waals surface area (Å²) in [6, 6.07) is 17.2. The van der Waals surface area contributed by atoms with Crippen LogP contribution in [0, 0.1) is 5.21 Å². The average molecular weight is 242 g/mol. The van der Waals surface area contributed by atoms with E-state index in [0.717, 1.165) is 17.0 Å². The molecule has 0 saturated carbocycles. The topological polar surface area (TPSA) is 48.8 Å². The number of para-hydroxylation sites is 2. The quantitative estimate of drug-likeness (QED) is 0.781. The van der Waals surface area contributed by atoms with Gasteiger partial charge in [-0.15, -0.1) is 0 Å². The summed E-state index contributed by atoms with van der Waals surface area (Å²) in [5.74, 6) is 0.791. The lowest BCUT2D eigenvalue weighted by Crippen LogP contribution is -3.05. The summed E-state index contributed by atoms with van der Waals surface area (Å²) in [6.07, 6.45) is -0.263. The fourth-order valence-electron chi connectivity index (χ4n) is 2.11. The molecule has 1 aliphatic heterocycles. The number of hydrogen-bond donors (Lipinski definition) is 2. The maximum Gasteiger partial charge on any atom is 0.186 e. The van der Waals surface area contributed by atoms with Gasteiger partial charge >= 0.3 is 0 Å². The minimum Gasteiger partial charge on any atom is -0.628 e. The summed E-state index contributed by atoms with van der Waals surface area (Å²) >= 11 is 0. The number of rotatable bonds is 2. The zero-order valence-corrected chi connectivity index (χ0v) is 9.80. The molecular formula is C14H14N2O2. The first-order chi connectivity index (χ1) is 8.84. The first-order valence-electron chi connectivity index (χ1n) is 5.92. The summed E-state index contributed by atoms with van der Waals surface area (Å²) in [4.78, 5) is 0. The predicted molar refractivity (Wildman–Crippen MR) is 68.2 cm³/mol. The highest BCUT2D eigenvalue weighted by atomic mass is 16.5. The molecule has 2 aromatic carbocycles. The molecule has 1 aliphatic rings. The number of quaternary nitrogens is 1. The van der Waals surface area contributed by atoms with Crippen LogP contribution >= 0.6 is 0 Å². The Bertz CT molecular complexity index is 530. The summed E-state index contributed by atoms with van der Waals surface area (Å²) in [5, 5.41) is 15.0. The number of hydroxylamine groups is 1. The van der Waals surface area contributed by atoms with E-state index in [0.29, 0.717) is 6.67 Å². The van der Waals surface area contributed by atoms with Crippen molar-refractivity contribution in [2.24, 2.45) is 0 Å². The van der Waals surface area contributed by atoms with E-state index in [1.165, 1.54) is 0 Å². The van der Waals surface area contributed by atoms with E-state index in [9.17, 15) is 5.21 Å². The van der Waals surface area contributed by atoms with Gasteiger partial charge in [0.05, 0.1) is 5.56 Å². The van der Waals surface area contributed by atoms with E-state index in [4.69, 9.17) is 4.74 Å². The second-order valence-corrected chi connectivity index (χ2v) is 4.20. The second kappa shape index (κ2) is 4.78. The number of benzene rings is 2. The Morgan fingerprint density at radius 3 is 2.61 bits per heavy atom. The van der Waals surface area contributed by atoms with E-state index >= 15 is 0 Å². The molecule has 0 radical (unpaired) electrons. The van der Waals surface area contributed by atoms with Crippen molar-refractivity contribution < 1.29 is 9.80 Å². The van der Waals surface area contributed by atoms with Gasteiger partial charge in [-0.05, 0) is 24.3 Å². The average Bonchev–Trinajstić information content (AvgIpc) is 2.44. The first-order valence-corrected chi connectivity index (χ1v) is 5.92. The fraction of sp³-hybridized carbons (Fsp3) is 0.143. The molecule has 0 spiro atoms. The van der Waals surface area contributed by atoms with Crippen molar-refractivity contribution in [3.8, 4) is 5.75 Å². The smallest absolute Gasteiger partial charge is 0.186 e. The first kappa shape index (κ1) is 11.2. The van der Waals surface area contributed by atoms with E-state index < -0.39 is 0 Å². The minimum atomic E-state index is -0.263. The molecule has 0 aromatic heterocycles. The maximum atomic E-state index is 11.8. The zero-order chi connectivity index (χ0) is 12.4. The highest BCUT2D eigenvalue weighted by Gasteiger charge is 2.25. The van der Waals surface area contributed by atoms with Gasteiger partial charge in [0.15, 0.2) is 6.23 Å². The second-order valence-electron chi connectivity index (χ2n) is 4.20. The van der Waals surface area contributed by atoms with Crippen molar-refractivity contribution in [3.63, 3.8) is 0 Å². The van der Waals surface area contributed by atoms with E-state index in [2.05, 4.69) is 5.32 Å². The lowest BCUT2D eigenvalue weighted by Gasteiger charge is -2.33. The van der Waals surface area contributed by atoms with Gasteiger partial charge in [0.25, 0.3) is 0 Å². The molecule has 0 fully saturated rings. The predicted octanol–water partition coefficient (Wildman–Crippen LogP) is 1.34. The van der Waals surface area contributed by atoms with Gasteiger partial charge in [0.2, 0.25) is 0 Å². The van der Waals surface area contributed by atoms with Crippen molar-refractivity contribution in [3.05, 3.63) is 65.4 Å². The van der Waals surface area contributed by atoms with Crippen molar-refractivity contribution >= 4 is 5.69 Å². The van der Waals surface area contributed by atoms with Crippen LogP contribution < -0.4 is 15.1 Å². The molecule has 18 heavy (non-hydrogen) atoms. The van der Waals surface area contributed by atoms with Crippen LogP contribution in [0.2, 0.25) is 0 Å². The van der Waals surface area contributed by atoms with Gasteiger partial charge in [-0.1, -0.05) is 30.3 Å². The Hall–Kier alpha value is -1.88. The van der Waals surface area contributed by atoms with Crippen LogP contribution in [0.4, 0.5) is 5.69 Å². The standard InChI is InChI=1S/C14H14N2O2/c17-16-10-15-14(12-8-4-5-9-13(12)16)18-11-6-2-1-3-7-11/h1-9,14-16H,10H2. The SMILES string of the molecule is [O-][NH+]1CNC(Oc2ccccc2)c2ccccc21. The van der Waals surface area contributed by atoms with Gasteiger partial charge in [-0.25, -0.2) is 5.32 Å². The number of ether oxygens (including phenoxy) is 1. The Morgan fingerprint density at radius 1 is 1.06 bits per heavy atom. The maximum absolute atomic E-state index is 11.8. The summed E-state index contributed by atoms with van der Waals surface area (Å²) in [6.45, 7) is 0.314. The van der Waals surface area contributed by atoms with E-state index in [-0.39, 0.29) is 11.3 Å². The lowest BCUT2D eigenvalue weighted by atomic mass is 10.1.